The summed E-state index contributed by atoms with van der Waals surface area (Å²) in [6, 6.07) is 8.56. The number of para-hydroxylation sites is 1. The van der Waals surface area contributed by atoms with Gasteiger partial charge in [-0.3, -0.25) is 9.69 Å². The molecule has 1 atom stereocenters. The molecule has 2 heterocycles. The average molecular weight is 391 g/mol. The summed E-state index contributed by atoms with van der Waals surface area (Å²) in [7, 11) is 0. The smallest absolute Gasteiger partial charge is 0.234 e. The molecule has 5 nitrogen and oxygen atoms in total. The Morgan fingerprint density at radius 3 is 2.96 bits per heavy atom. The van der Waals surface area contributed by atoms with Crippen molar-refractivity contribution in [2.75, 3.05) is 32.7 Å². The minimum atomic E-state index is 0. The lowest BCUT2D eigenvalue weighted by atomic mass is 10.2. The maximum atomic E-state index is 12.0. The molecule has 3 rings (SSSR count). The van der Waals surface area contributed by atoms with Crippen molar-refractivity contribution in [3.8, 4) is 0 Å². The first-order valence-corrected chi connectivity index (χ1v) is 8.60. The minimum Gasteiger partial charge on any atom is -0.355 e. The van der Waals surface area contributed by atoms with Gasteiger partial charge in [0.1, 0.15) is 0 Å². The van der Waals surface area contributed by atoms with Gasteiger partial charge in [-0.05, 0) is 19.1 Å². The number of fused-ring (bicyclic) bond motifs is 1. The topological polar surface area (TPSA) is 57.3 Å². The summed E-state index contributed by atoms with van der Waals surface area (Å²) >= 11 is 1.70. The standard InChI is InChI=1S/C16H22N4OS.2ClH/c1-12-10-17-8-9-20(12)11-15(21)18-7-6-16-19-13-4-2-3-5-14(13)22-16;;/h2-5,12,17H,6-11H2,1H3,(H,18,21);2*1H/t12-;;/m1../s1. The number of halogens is 2. The summed E-state index contributed by atoms with van der Waals surface area (Å²) in [6.45, 7) is 6.15. The number of rotatable bonds is 5. The molecule has 0 saturated carbocycles. The summed E-state index contributed by atoms with van der Waals surface area (Å²) in [5, 5.41) is 7.42. The number of hydrogen-bond donors (Lipinski definition) is 2. The number of aromatic nitrogens is 1. The van der Waals surface area contributed by atoms with Gasteiger partial charge >= 0.3 is 0 Å². The summed E-state index contributed by atoms with van der Waals surface area (Å²) in [6.07, 6.45) is 0.794. The predicted octanol–water partition coefficient (Wildman–Crippen LogP) is 2.09. The van der Waals surface area contributed by atoms with Crippen molar-refractivity contribution in [2.45, 2.75) is 19.4 Å². The highest BCUT2D eigenvalue weighted by molar-refractivity contribution is 7.18. The van der Waals surface area contributed by atoms with E-state index in [0.717, 1.165) is 36.6 Å². The second-order valence-electron chi connectivity index (χ2n) is 5.70. The van der Waals surface area contributed by atoms with Gasteiger partial charge in [0.15, 0.2) is 0 Å². The summed E-state index contributed by atoms with van der Waals surface area (Å²) < 4.78 is 1.21. The quantitative estimate of drug-likeness (QED) is 0.820. The van der Waals surface area contributed by atoms with Crippen LogP contribution in [-0.2, 0) is 11.2 Å². The highest BCUT2D eigenvalue weighted by Crippen LogP contribution is 2.21. The number of nitrogens with zero attached hydrogens (tertiary/aromatic N) is 2. The van der Waals surface area contributed by atoms with Gasteiger partial charge in [0.2, 0.25) is 5.91 Å². The third-order valence-electron chi connectivity index (χ3n) is 3.98. The molecule has 1 aliphatic heterocycles. The van der Waals surface area contributed by atoms with Crippen LogP contribution in [0.25, 0.3) is 10.2 Å². The Balaban J connectivity index is 0.00000144. The second kappa shape index (κ2) is 10.2. The first kappa shape index (κ1) is 21.1. The number of carbonyl (C=O) groups is 1. The molecule has 1 aliphatic rings. The molecule has 2 aromatic rings. The zero-order valence-corrected chi connectivity index (χ0v) is 16.1. The largest absolute Gasteiger partial charge is 0.355 e. The van der Waals surface area contributed by atoms with Crippen LogP contribution in [-0.4, -0.2) is 54.6 Å². The molecule has 24 heavy (non-hydrogen) atoms. The minimum absolute atomic E-state index is 0. The van der Waals surface area contributed by atoms with E-state index in [1.807, 2.05) is 18.2 Å². The molecule has 1 amide bonds. The highest BCUT2D eigenvalue weighted by atomic mass is 35.5. The molecule has 0 bridgehead atoms. The molecule has 1 fully saturated rings. The van der Waals surface area contributed by atoms with Crippen LogP contribution in [0.4, 0.5) is 0 Å². The molecule has 8 heteroatoms. The Morgan fingerprint density at radius 2 is 2.21 bits per heavy atom. The third-order valence-corrected chi connectivity index (χ3v) is 5.08. The fourth-order valence-corrected chi connectivity index (χ4v) is 3.66. The molecular formula is C16H24Cl2N4OS. The van der Waals surface area contributed by atoms with Gasteiger partial charge in [-0.1, -0.05) is 12.1 Å². The monoisotopic (exact) mass is 390 g/mol. The Morgan fingerprint density at radius 1 is 1.42 bits per heavy atom. The van der Waals surface area contributed by atoms with Crippen molar-refractivity contribution in [1.82, 2.24) is 20.5 Å². The number of hydrogen-bond acceptors (Lipinski definition) is 5. The molecule has 0 spiro atoms. The zero-order chi connectivity index (χ0) is 15.4. The molecule has 1 saturated heterocycles. The predicted molar refractivity (Wildman–Crippen MR) is 105 cm³/mol. The van der Waals surface area contributed by atoms with E-state index in [0.29, 0.717) is 19.1 Å². The highest BCUT2D eigenvalue weighted by Gasteiger charge is 2.19. The summed E-state index contributed by atoms with van der Waals surface area (Å²) in [5.41, 5.74) is 1.04. The van der Waals surface area contributed by atoms with Crippen molar-refractivity contribution >= 4 is 52.3 Å². The van der Waals surface area contributed by atoms with Crippen LogP contribution in [0.2, 0.25) is 0 Å². The first-order valence-electron chi connectivity index (χ1n) is 7.78. The van der Waals surface area contributed by atoms with Crippen LogP contribution in [0.3, 0.4) is 0 Å². The number of thiazole rings is 1. The van der Waals surface area contributed by atoms with Crippen molar-refractivity contribution in [3.05, 3.63) is 29.3 Å². The molecule has 0 unspecified atom stereocenters. The van der Waals surface area contributed by atoms with Crippen molar-refractivity contribution < 1.29 is 4.79 Å². The third kappa shape index (κ3) is 5.57. The molecule has 0 aliphatic carbocycles. The van der Waals surface area contributed by atoms with E-state index in [4.69, 9.17) is 0 Å². The molecule has 134 valence electrons. The Kier molecular flexibility index (Phi) is 8.94. The van der Waals surface area contributed by atoms with Crippen molar-refractivity contribution in [3.63, 3.8) is 0 Å². The van der Waals surface area contributed by atoms with Gasteiger partial charge in [0.25, 0.3) is 0 Å². The SMILES string of the molecule is C[C@@H]1CNCCN1CC(=O)NCCc1nc2ccccc2s1.Cl.Cl. The van der Waals surface area contributed by atoms with Crippen molar-refractivity contribution in [2.24, 2.45) is 0 Å². The lowest BCUT2D eigenvalue weighted by molar-refractivity contribution is -0.122. The first-order chi connectivity index (χ1) is 10.7. The lowest BCUT2D eigenvalue weighted by Gasteiger charge is -2.33. The van der Waals surface area contributed by atoms with Crippen LogP contribution in [0, 0.1) is 0 Å². The summed E-state index contributed by atoms with van der Waals surface area (Å²) in [4.78, 5) is 18.8. The normalized spacial score (nSPS) is 17.8. The maximum absolute atomic E-state index is 12.0. The van der Waals surface area contributed by atoms with Gasteiger partial charge in [-0.2, -0.15) is 0 Å². The fraction of sp³-hybridized carbons (Fsp3) is 0.500. The van der Waals surface area contributed by atoms with Gasteiger partial charge < -0.3 is 10.6 Å². The van der Waals surface area contributed by atoms with Crippen LogP contribution in [0.15, 0.2) is 24.3 Å². The second-order valence-corrected chi connectivity index (χ2v) is 6.81. The van der Waals surface area contributed by atoms with Crippen LogP contribution >= 0.6 is 36.2 Å². The number of nitrogens with one attached hydrogen (secondary N) is 2. The van der Waals surface area contributed by atoms with Gasteiger partial charge in [-0.25, -0.2) is 4.98 Å². The molecule has 1 aromatic heterocycles. The van der Waals surface area contributed by atoms with E-state index in [-0.39, 0.29) is 30.7 Å². The molecule has 0 radical (unpaired) electrons. The van der Waals surface area contributed by atoms with Crippen molar-refractivity contribution in [1.29, 1.82) is 0 Å². The van der Waals surface area contributed by atoms with Crippen LogP contribution < -0.4 is 10.6 Å². The summed E-state index contributed by atoms with van der Waals surface area (Å²) in [5.74, 6) is 0.106. The van der Waals surface area contributed by atoms with Crippen LogP contribution in [0.5, 0.6) is 0 Å². The van der Waals surface area contributed by atoms with Crippen LogP contribution in [0.1, 0.15) is 11.9 Å². The van der Waals surface area contributed by atoms with E-state index < -0.39 is 0 Å². The van der Waals surface area contributed by atoms with E-state index >= 15 is 0 Å². The molecular weight excluding hydrogens is 367 g/mol. The van der Waals surface area contributed by atoms with Gasteiger partial charge in [-0.15, -0.1) is 36.2 Å². The van der Waals surface area contributed by atoms with Gasteiger partial charge in [0, 0.05) is 38.6 Å². The zero-order valence-electron chi connectivity index (χ0n) is 13.7. The fourth-order valence-electron chi connectivity index (χ4n) is 2.69. The maximum Gasteiger partial charge on any atom is 0.234 e. The Bertz CT molecular complexity index is 619. The van der Waals surface area contributed by atoms with E-state index in [1.54, 1.807) is 11.3 Å². The Hall–Kier alpha value is -0.920. The lowest BCUT2D eigenvalue weighted by Crippen LogP contribution is -2.52. The van der Waals surface area contributed by atoms with E-state index in [9.17, 15) is 4.79 Å². The van der Waals surface area contributed by atoms with E-state index in [2.05, 4.69) is 33.5 Å². The molecule has 2 N–H and O–H groups in total. The number of piperazine rings is 1. The number of benzene rings is 1. The Labute approximate surface area is 159 Å². The number of amides is 1. The van der Waals surface area contributed by atoms with Gasteiger partial charge in [0.05, 0.1) is 21.8 Å². The molecule has 1 aromatic carbocycles. The van der Waals surface area contributed by atoms with E-state index in [1.165, 1.54) is 4.70 Å². The number of carbonyl (C=O) groups excluding carboxylic acids is 1. The average Bonchev–Trinajstić information content (AvgIpc) is 2.92.